The molecule has 6 nitrogen and oxygen atoms in total. The summed E-state index contributed by atoms with van der Waals surface area (Å²) in [6.07, 6.45) is 2.62. The van der Waals surface area contributed by atoms with E-state index < -0.39 is 0 Å². The van der Waals surface area contributed by atoms with E-state index >= 15 is 0 Å². The molecule has 2 saturated heterocycles. The molecule has 2 aliphatic rings. The van der Waals surface area contributed by atoms with Crippen molar-refractivity contribution in [1.29, 1.82) is 0 Å². The van der Waals surface area contributed by atoms with Crippen molar-refractivity contribution >= 4 is 34.4 Å². The molecule has 1 aromatic carbocycles. The van der Waals surface area contributed by atoms with E-state index in [1.54, 1.807) is 6.20 Å². The van der Waals surface area contributed by atoms with Crippen LogP contribution in [0.2, 0.25) is 5.02 Å². The molecule has 126 valence electrons. The Bertz CT molecular complexity index is 763. The van der Waals surface area contributed by atoms with Crippen LogP contribution in [-0.4, -0.2) is 60.2 Å². The number of carbonyl (C=O) groups excluding carboxylic acids is 1. The average Bonchev–Trinajstić information content (AvgIpc) is 3.11. The van der Waals surface area contributed by atoms with Crippen molar-refractivity contribution in [3.05, 3.63) is 29.4 Å². The minimum absolute atomic E-state index is 0.0332. The summed E-state index contributed by atoms with van der Waals surface area (Å²) in [7, 11) is 0. The molecule has 0 aliphatic carbocycles. The number of morpholine rings is 1. The molecule has 2 aliphatic heterocycles. The van der Waals surface area contributed by atoms with E-state index in [9.17, 15) is 4.79 Å². The van der Waals surface area contributed by atoms with E-state index in [4.69, 9.17) is 16.3 Å². The minimum atomic E-state index is 0.0332. The third kappa shape index (κ3) is 3.03. The first-order chi connectivity index (χ1) is 11.7. The highest BCUT2D eigenvalue weighted by Gasteiger charge is 2.32. The van der Waals surface area contributed by atoms with Crippen LogP contribution in [0, 0.1) is 5.92 Å². The number of hydrogen-bond acceptors (Lipinski definition) is 5. The number of halogens is 1. The smallest absolute Gasteiger partial charge is 0.227 e. The van der Waals surface area contributed by atoms with Gasteiger partial charge in [-0.15, -0.1) is 0 Å². The van der Waals surface area contributed by atoms with E-state index in [1.807, 2.05) is 23.1 Å². The molecule has 0 bridgehead atoms. The summed E-state index contributed by atoms with van der Waals surface area (Å²) in [4.78, 5) is 25.8. The topological polar surface area (TPSA) is 58.6 Å². The van der Waals surface area contributed by atoms with Gasteiger partial charge in [-0.05, 0) is 24.6 Å². The summed E-state index contributed by atoms with van der Waals surface area (Å²) < 4.78 is 5.32. The van der Waals surface area contributed by atoms with E-state index in [0.717, 1.165) is 29.8 Å². The molecule has 0 saturated carbocycles. The molecule has 1 amide bonds. The van der Waals surface area contributed by atoms with E-state index in [1.165, 1.54) is 0 Å². The lowest BCUT2D eigenvalue weighted by Gasteiger charge is -2.29. The molecule has 3 heterocycles. The van der Waals surface area contributed by atoms with Gasteiger partial charge in [0.2, 0.25) is 5.91 Å². The lowest BCUT2D eigenvalue weighted by Crippen LogP contribution is -2.44. The van der Waals surface area contributed by atoms with Crippen LogP contribution in [0.4, 0.5) is 5.82 Å². The quantitative estimate of drug-likeness (QED) is 0.832. The Labute approximate surface area is 145 Å². The molecule has 1 unspecified atom stereocenters. The lowest BCUT2D eigenvalue weighted by molar-refractivity contribution is -0.138. The summed E-state index contributed by atoms with van der Waals surface area (Å²) in [6.45, 7) is 4.21. The van der Waals surface area contributed by atoms with Crippen molar-refractivity contribution < 1.29 is 9.53 Å². The van der Waals surface area contributed by atoms with Crippen LogP contribution in [0.1, 0.15) is 6.42 Å². The van der Waals surface area contributed by atoms with Crippen molar-refractivity contribution in [3.8, 4) is 0 Å². The fraction of sp³-hybridized carbons (Fsp3) is 0.471. The average molecular weight is 347 g/mol. The predicted octanol–water partition coefficient (Wildman–Crippen LogP) is 1.97. The highest BCUT2D eigenvalue weighted by Crippen LogP contribution is 2.25. The van der Waals surface area contributed by atoms with Gasteiger partial charge in [-0.3, -0.25) is 9.78 Å². The maximum absolute atomic E-state index is 12.6. The lowest BCUT2D eigenvalue weighted by atomic mass is 10.1. The van der Waals surface area contributed by atoms with Gasteiger partial charge in [-0.2, -0.15) is 0 Å². The summed E-state index contributed by atoms with van der Waals surface area (Å²) in [5.41, 5.74) is 1.60. The van der Waals surface area contributed by atoms with Gasteiger partial charge in [0.25, 0.3) is 0 Å². The van der Waals surface area contributed by atoms with Gasteiger partial charge in [0.05, 0.1) is 36.4 Å². The number of amides is 1. The molecule has 0 radical (unpaired) electrons. The molecule has 0 N–H and O–H groups in total. The summed E-state index contributed by atoms with van der Waals surface area (Å²) in [5.74, 6) is 1.09. The van der Waals surface area contributed by atoms with Crippen LogP contribution >= 0.6 is 11.6 Å². The van der Waals surface area contributed by atoms with Crippen LogP contribution in [0.3, 0.4) is 0 Å². The second-order valence-corrected chi connectivity index (χ2v) is 6.67. The fourth-order valence-corrected chi connectivity index (χ4v) is 3.50. The zero-order valence-electron chi connectivity index (χ0n) is 13.3. The molecule has 0 spiro atoms. The van der Waals surface area contributed by atoms with E-state index in [-0.39, 0.29) is 11.8 Å². The van der Waals surface area contributed by atoms with Gasteiger partial charge in [0.15, 0.2) is 0 Å². The van der Waals surface area contributed by atoms with Gasteiger partial charge in [0, 0.05) is 31.2 Å². The number of hydrogen-bond donors (Lipinski definition) is 0. The molecule has 24 heavy (non-hydrogen) atoms. The summed E-state index contributed by atoms with van der Waals surface area (Å²) in [5, 5.41) is 0.655. The number of fused-ring (bicyclic) bond motifs is 1. The number of anilines is 1. The Morgan fingerprint density at radius 2 is 2.04 bits per heavy atom. The number of carbonyl (C=O) groups is 1. The van der Waals surface area contributed by atoms with Gasteiger partial charge in [-0.1, -0.05) is 11.6 Å². The van der Waals surface area contributed by atoms with Crippen molar-refractivity contribution in [2.24, 2.45) is 5.92 Å². The van der Waals surface area contributed by atoms with Crippen molar-refractivity contribution in [2.45, 2.75) is 6.42 Å². The van der Waals surface area contributed by atoms with Gasteiger partial charge >= 0.3 is 0 Å². The van der Waals surface area contributed by atoms with Crippen molar-refractivity contribution in [1.82, 2.24) is 14.9 Å². The Balaban J connectivity index is 1.48. The van der Waals surface area contributed by atoms with Crippen molar-refractivity contribution in [2.75, 3.05) is 44.3 Å². The molecular formula is C17H19ClN4O2. The van der Waals surface area contributed by atoms with Gasteiger partial charge in [-0.25, -0.2) is 4.98 Å². The zero-order valence-corrected chi connectivity index (χ0v) is 14.1. The van der Waals surface area contributed by atoms with Gasteiger partial charge < -0.3 is 14.5 Å². The molecule has 2 fully saturated rings. The second kappa shape index (κ2) is 6.53. The highest BCUT2D eigenvalue weighted by molar-refractivity contribution is 6.31. The van der Waals surface area contributed by atoms with Crippen LogP contribution in [0.25, 0.3) is 11.0 Å². The largest absolute Gasteiger partial charge is 0.378 e. The first-order valence-corrected chi connectivity index (χ1v) is 8.62. The first kappa shape index (κ1) is 15.6. The minimum Gasteiger partial charge on any atom is -0.378 e. The van der Waals surface area contributed by atoms with Crippen LogP contribution < -0.4 is 4.90 Å². The number of nitrogens with zero attached hydrogens (tertiary/aromatic N) is 4. The monoisotopic (exact) mass is 346 g/mol. The van der Waals surface area contributed by atoms with E-state index in [0.29, 0.717) is 37.9 Å². The number of rotatable bonds is 2. The fourth-order valence-electron chi connectivity index (χ4n) is 3.34. The zero-order chi connectivity index (χ0) is 16.5. The third-order valence-corrected chi connectivity index (χ3v) is 4.91. The number of aromatic nitrogens is 2. The third-order valence-electron chi connectivity index (χ3n) is 4.68. The second-order valence-electron chi connectivity index (χ2n) is 6.23. The normalized spacial score (nSPS) is 21.5. The Kier molecular flexibility index (Phi) is 4.24. The summed E-state index contributed by atoms with van der Waals surface area (Å²) >= 11 is 5.98. The Morgan fingerprint density at radius 3 is 2.88 bits per heavy atom. The maximum atomic E-state index is 12.6. The number of ether oxygens (including phenoxy) is 1. The molecule has 7 heteroatoms. The summed E-state index contributed by atoms with van der Waals surface area (Å²) in [6, 6.07) is 5.50. The maximum Gasteiger partial charge on any atom is 0.227 e. The van der Waals surface area contributed by atoms with Crippen LogP contribution in [0.15, 0.2) is 24.4 Å². The standard InChI is InChI=1S/C17H19ClN4O2/c18-13-1-2-14-15(9-13)19-10-16(20-14)22-4-3-12(11-22)17(23)21-5-7-24-8-6-21/h1-2,9-10,12H,3-8,11H2. The molecule has 4 rings (SSSR count). The molecule has 1 atom stereocenters. The first-order valence-electron chi connectivity index (χ1n) is 8.24. The predicted molar refractivity (Wildman–Crippen MR) is 92.3 cm³/mol. The number of benzene rings is 1. The SMILES string of the molecule is O=C(C1CCN(c2cnc3cc(Cl)ccc3n2)C1)N1CCOCC1. The molecule has 2 aromatic rings. The molecular weight excluding hydrogens is 328 g/mol. The Morgan fingerprint density at radius 1 is 1.21 bits per heavy atom. The van der Waals surface area contributed by atoms with Crippen molar-refractivity contribution in [3.63, 3.8) is 0 Å². The van der Waals surface area contributed by atoms with E-state index in [2.05, 4.69) is 14.9 Å². The molecule has 1 aromatic heterocycles. The van der Waals surface area contributed by atoms with Crippen LogP contribution in [0.5, 0.6) is 0 Å². The Hall–Kier alpha value is -1.92. The van der Waals surface area contributed by atoms with Gasteiger partial charge in [0.1, 0.15) is 5.82 Å². The highest BCUT2D eigenvalue weighted by atomic mass is 35.5. The van der Waals surface area contributed by atoms with Crippen LogP contribution in [-0.2, 0) is 9.53 Å².